The number of imidazole rings is 1. The molecule has 0 spiro atoms. The zero-order valence-electron chi connectivity index (χ0n) is 9.46. The van der Waals surface area contributed by atoms with Crippen molar-refractivity contribution in [3.63, 3.8) is 0 Å². The van der Waals surface area contributed by atoms with Crippen LogP contribution < -0.4 is 5.69 Å². The van der Waals surface area contributed by atoms with Crippen LogP contribution in [0.15, 0.2) is 29.1 Å². The first-order valence-corrected chi connectivity index (χ1v) is 5.78. The Kier molecular flexibility index (Phi) is 1.84. The molecule has 0 aliphatic carbocycles. The van der Waals surface area contributed by atoms with Gasteiger partial charge in [0.2, 0.25) is 0 Å². The molecule has 3 heterocycles. The van der Waals surface area contributed by atoms with Crippen molar-refractivity contribution in [2.45, 2.75) is 6.04 Å². The number of hydrogen-bond donors (Lipinski definition) is 1. The Morgan fingerprint density at radius 2 is 2.11 bits per heavy atom. The third kappa shape index (κ3) is 1.18. The molecular weight excluding hydrogens is 232 g/mol. The molecule has 1 aromatic carbocycles. The van der Waals surface area contributed by atoms with Crippen LogP contribution in [-0.2, 0) is 4.74 Å². The SMILES string of the molecule is O=c1[nH]c2nnc3ccccc3c2n1C1COC1. The highest BCUT2D eigenvalue weighted by Crippen LogP contribution is 2.25. The molecule has 90 valence electrons. The molecule has 1 saturated heterocycles. The Balaban J connectivity index is 2.18. The van der Waals surface area contributed by atoms with Gasteiger partial charge in [-0.25, -0.2) is 4.79 Å². The fourth-order valence-corrected chi connectivity index (χ4v) is 2.35. The van der Waals surface area contributed by atoms with Gasteiger partial charge in [0, 0.05) is 5.39 Å². The Morgan fingerprint density at radius 1 is 1.28 bits per heavy atom. The predicted octanol–water partition coefficient (Wildman–Crippen LogP) is 0.844. The number of rotatable bonds is 1. The lowest BCUT2D eigenvalue weighted by molar-refractivity contribution is -0.0228. The highest BCUT2D eigenvalue weighted by molar-refractivity contribution is 6.00. The number of ether oxygens (including phenoxy) is 1. The summed E-state index contributed by atoms with van der Waals surface area (Å²) >= 11 is 0. The fraction of sp³-hybridized carbons (Fsp3) is 0.250. The number of nitrogens with zero attached hydrogens (tertiary/aromatic N) is 3. The van der Waals surface area contributed by atoms with E-state index in [2.05, 4.69) is 15.2 Å². The monoisotopic (exact) mass is 242 g/mol. The zero-order valence-corrected chi connectivity index (χ0v) is 9.46. The average Bonchev–Trinajstić information content (AvgIpc) is 2.65. The third-order valence-corrected chi connectivity index (χ3v) is 3.31. The number of H-pyrrole nitrogens is 1. The van der Waals surface area contributed by atoms with E-state index in [1.165, 1.54) is 0 Å². The number of fused-ring (bicyclic) bond motifs is 3. The first-order chi connectivity index (χ1) is 8.84. The highest BCUT2D eigenvalue weighted by atomic mass is 16.5. The van der Waals surface area contributed by atoms with Crippen LogP contribution in [0.4, 0.5) is 0 Å². The number of benzene rings is 1. The Labute approximate surface area is 101 Å². The second-order valence-corrected chi connectivity index (χ2v) is 4.41. The highest BCUT2D eigenvalue weighted by Gasteiger charge is 2.25. The maximum atomic E-state index is 12.0. The van der Waals surface area contributed by atoms with Crippen LogP contribution in [-0.4, -0.2) is 33.0 Å². The quantitative estimate of drug-likeness (QED) is 0.686. The molecule has 2 aromatic heterocycles. The van der Waals surface area contributed by atoms with Crippen molar-refractivity contribution in [2.24, 2.45) is 0 Å². The molecule has 1 fully saturated rings. The Morgan fingerprint density at radius 3 is 2.89 bits per heavy atom. The lowest BCUT2D eigenvalue weighted by Crippen LogP contribution is -2.36. The molecule has 1 aliphatic rings. The molecule has 0 amide bonds. The van der Waals surface area contributed by atoms with Gasteiger partial charge >= 0.3 is 5.69 Å². The van der Waals surface area contributed by atoms with Crippen LogP contribution in [0.1, 0.15) is 6.04 Å². The van der Waals surface area contributed by atoms with Gasteiger partial charge in [-0.1, -0.05) is 18.2 Å². The average molecular weight is 242 g/mol. The van der Waals surface area contributed by atoms with Gasteiger partial charge in [0.25, 0.3) is 0 Å². The summed E-state index contributed by atoms with van der Waals surface area (Å²) in [5, 5.41) is 9.10. The van der Waals surface area contributed by atoms with Gasteiger partial charge in [-0.2, -0.15) is 0 Å². The Hall–Kier alpha value is -2.21. The van der Waals surface area contributed by atoms with Gasteiger partial charge in [-0.3, -0.25) is 9.55 Å². The van der Waals surface area contributed by atoms with Crippen molar-refractivity contribution in [1.82, 2.24) is 19.7 Å². The van der Waals surface area contributed by atoms with E-state index < -0.39 is 0 Å². The van der Waals surface area contributed by atoms with Gasteiger partial charge < -0.3 is 4.74 Å². The van der Waals surface area contributed by atoms with E-state index in [1.54, 1.807) is 4.57 Å². The van der Waals surface area contributed by atoms with Crippen LogP contribution in [0, 0.1) is 0 Å². The number of aromatic amines is 1. The van der Waals surface area contributed by atoms with Crippen LogP contribution >= 0.6 is 0 Å². The normalized spacial score (nSPS) is 16.2. The minimum atomic E-state index is -0.149. The minimum absolute atomic E-state index is 0.0962. The van der Waals surface area contributed by atoms with Gasteiger partial charge in [0.1, 0.15) is 5.52 Å². The van der Waals surface area contributed by atoms with Crippen molar-refractivity contribution in [2.75, 3.05) is 13.2 Å². The molecule has 3 aromatic rings. The molecule has 0 unspecified atom stereocenters. The molecule has 0 saturated carbocycles. The van der Waals surface area contributed by atoms with E-state index in [0.29, 0.717) is 18.9 Å². The van der Waals surface area contributed by atoms with Crippen molar-refractivity contribution in [3.05, 3.63) is 34.7 Å². The summed E-state index contributed by atoms with van der Waals surface area (Å²) in [5.74, 6) is 0. The summed E-state index contributed by atoms with van der Waals surface area (Å²) in [5.41, 5.74) is 1.99. The number of nitrogens with one attached hydrogen (secondary N) is 1. The van der Waals surface area contributed by atoms with E-state index in [-0.39, 0.29) is 11.7 Å². The summed E-state index contributed by atoms with van der Waals surface area (Å²) in [6, 6.07) is 7.78. The maximum absolute atomic E-state index is 12.0. The molecule has 18 heavy (non-hydrogen) atoms. The summed E-state index contributed by atoms with van der Waals surface area (Å²) in [4.78, 5) is 14.7. The van der Waals surface area contributed by atoms with Gasteiger partial charge in [0.15, 0.2) is 5.65 Å². The predicted molar refractivity (Wildman–Crippen MR) is 65.5 cm³/mol. The molecule has 1 aliphatic heterocycles. The second-order valence-electron chi connectivity index (χ2n) is 4.41. The minimum Gasteiger partial charge on any atom is -0.377 e. The summed E-state index contributed by atoms with van der Waals surface area (Å²) in [6.45, 7) is 1.15. The number of hydrogen-bond acceptors (Lipinski definition) is 4. The van der Waals surface area contributed by atoms with Crippen molar-refractivity contribution < 1.29 is 4.74 Å². The van der Waals surface area contributed by atoms with E-state index in [9.17, 15) is 4.79 Å². The molecular formula is C12H10N4O2. The summed E-state index contributed by atoms with van der Waals surface area (Å²) in [6.07, 6.45) is 0. The number of aromatic nitrogens is 4. The zero-order chi connectivity index (χ0) is 12.1. The lowest BCUT2D eigenvalue weighted by Gasteiger charge is -2.27. The van der Waals surface area contributed by atoms with Crippen molar-refractivity contribution >= 4 is 22.1 Å². The van der Waals surface area contributed by atoms with Crippen molar-refractivity contribution in [3.8, 4) is 0 Å². The molecule has 1 N–H and O–H groups in total. The molecule has 0 bridgehead atoms. The molecule has 6 heteroatoms. The van der Waals surface area contributed by atoms with E-state index >= 15 is 0 Å². The van der Waals surface area contributed by atoms with Gasteiger partial charge in [0.05, 0.1) is 24.8 Å². The van der Waals surface area contributed by atoms with Gasteiger partial charge in [-0.15, -0.1) is 10.2 Å². The van der Waals surface area contributed by atoms with Gasteiger partial charge in [-0.05, 0) is 6.07 Å². The first-order valence-electron chi connectivity index (χ1n) is 5.78. The summed E-state index contributed by atoms with van der Waals surface area (Å²) < 4.78 is 6.90. The topological polar surface area (TPSA) is 72.8 Å². The third-order valence-electron chi connectivity index (χ3n) is 3.31. The lowest BCUT2D eigenvalue weighted by atomic mass is 10.2. The molecule has 0 atom stereocenters. The van der Waals surface area contributed by atoms with Crippen molar-refractivity contribution in [1.29, 1.82) is 0 Å². The molecule has 4 rings (SSSR count). The molecule has 0 radical (unpaired) electrons. The smallest absolute Gasteiger partial charge is 0.328 e. The van der Waals surface area contributed by atoms with Crippen LogP contribution in [0.5, 0.6) is 0 Å². The largest absolute Gasteiger partial charge is 0.377 e. The molecule has 6 nitrogen and oxygen atoms in total. The van der Waals surface area contributed by atoms with Crippen LogP contribution in [0.3, 0.4) is 0 Å². The van der Waals surface area contributed by atoms with E-state index in [0.717, 1.165) is 16.4 Å². The standard InChI is InChI=1S/C12H10N4O2/c17-12-13-11-10(16(12)7-5-18-6-7)8-3-1-2-4-9(8)14-15-11/h1-4,7H,5-6H2,(H,13,15,17). The van der Waals surface area contributed by atoms with Crippen LogP contribution in [0.2, 0.25) is 0 Å². The Bertz CT molecular complexity index is 801. The summed E-state index contributed by atoms with van der Waals surface area (Å²) in [7, 11) is 0. The maximum Gasteiger partial charge on any atom is 0.328 e. The first kappa shape index (κ1) is 9.78. The second kappa shape index (κ2) is 3.39. The van der Waals surface area contributed by atoms with E-state index in [1.807, 2.05) is 24.3 Å². The fourth-order valence-electron chi connectivity index (χ4n) is 2.35. The van der Waals surface area contributed by atoms with Crippen LogP contribution in [0.25, 0.3) is 22.1 Å². The van der Waals surface area contributed by atoms with E-state index in [4.69, 9.17) is 4.74 Å².